The summed E-state index contributed by atoms with van der Waals surface area (Å²) in [6.07, 6.45) is 1.30. The Bertz CT molecular complexity index is 348. The van der Waals surface area contributed by atoms with Gasteiger partial charge in [0.1, 0.15) is 5.76 Å². The van der Waals surface area contributed by atoms with Crippen molar-refractivity contribution in [1.82, 2.24) is 0 Å². The van der Waals surface area contributed by atoms with Gasteiger partial charge >= 0.3 is 0 Å². The Morgan fingerprint density at radius 2 is 2.36 bits per heavy atom. The molecule has 0 saturated carbocycles. The van der Waals surface area contributed by atoms with Gasteiger partial charge < -0.3 is 4.42 Å². The molecule has 0 N–H and O–H groups in total. The van der Waals surface area contributed by atoms with E-state index in [0.29, 0.717) is 5.76 Å². The molecule has 0 atom stereocenters. The Morgan fingerprint density at radius 3 is 2.91 bits per heavy atom. The van der Waals surface area contributed by atoms with E-state index < -0.39 is 0 Å². The molecule has 1 aromatic heterocycles. The molecule has 0 saturated heterocycles. The van der Waals surface area contributed by atoms with Crippen molar-refractivity contribution in [3.8, 4) is 12.0 Å². The molecular weight excluding hydrogens is 142 g/mol. The Hall–Kier alpha value is -1.78. The summed E-state index contributed by atoms with van der Waals surface area (Å²) in [6.45, 7) is 1.81. The van der Waals surface area contributed by atoms with Crippen LogP contribution in [0.3, 0.4) is 0 Å². The third kappa shape index (κ3) is 2.13. The quantitative estimate of drug-likeness (QED) is 0.314. The highest BCUT2D eigenvalue weighted by Crippen LogP contribution is 2.03. The molecule has 0 radical (unpaired) electrons. The lowest BCUT2D eigenvalue weighted by atomic mass is 10.4. The summed E-state index contributed by atoms with van der Waals surface area (Å²) in [5.74, 6) is 3.80. The molecule has 1 aromatic rings. The number of aliphatic imine (C=N–C) groups is 1. The van der Waals surface area contributed by atoms with Crippen LogP contribution in [-0.4, -0.2) is 6.08 Å². The lowest BCUT2D eigenvalue weighted by Gasteiger charge is -1.76. The summed E-state index contributed by atoms with van der Waals surface area (Å²) < 4.78 is 5.07. The average Bonchev–Trinajstić information content (AvgIpc) is 2.37. The van der Waals surface area contributed by atoms with E-state index in [1.54, 1.807) is 12.1 Å². The number of hydrogen-bond donors (Lipinski definition) is 0. The zero-order chi connectivity index (χ0) is 8.10. The molecule has 0 spiro atoms. The van der Waals surface area contributed by atoms with Crippen LogP contribution in [0.25, 0.3) is 0 Å². The van der Waals surface area contributed by atoms with Crippen molar-refractivity contribution in [3.05, 3.63) is 23.7 Å². The molecule has 0 bridgehead atoms. The molecule has 1 heterocycles. The van der Waals surface area contributed by atoms with E-state index in [9.17, 15) is 4.79 Å². The van der Waals surface area contributed by atoms with Gasteiger partial charge in [-0.15, -0.1) is 4.99 Å². The fraction of sp³-hybridized carbons (Fsp3) is 0.125. The predicted octanol–water partition coefficient (Wildman–Crippen LogP) is 1.23. The molecular formula is C8H5NO2. The summed E-state index contributed by atoms with van der Waals surface area (Å²) in [5.41, 5.74) is 0. The maximum atomic E-state index is 9.58. The Morgan fingerprint density at radius 1 is 1.55 bits per heavy atom. The largest absolute Gasteiger partial charge is 0.453 e. The molecule has 3 heteroatoms. The second kappa shape index (κ2) is 3.40. The van der Waals surface area contributed by atoms with E-state index in [4.69, 9.17) is 4.42 Å². The van der Waals surface area contributed by atoms with Crippen molar-refractivity contribution in [2.75, 3.05) is 0 Å². The Balaban J connectivity index is 2.81. The van der Waals surface area contributed by atoms with Crippen LogP contribution < -0.4 is 0 Å². The van der Waals surface area contributed by atoms with E-state index in [1.807, 2.05) is 6.92 Å². The number of nitrogens with zero attached hydrogens (tertiary/aromatic N) is 1. The van der Waals surface area contributed by atoms with Crippen molar-refractivity contribution in [3.63, 3.8) is 0 Å². The van der Waals surface area contributed by atoms with Crippen LogP contribution in [0.4, 0.5) is 0 Å². The second-order valence-electron chi connectivity index (χ2n) is 1.85. The van der Waals surface area contributed by atoms with Gasteiger partial charge in [0.15, 0.2) is 5.76 Å². The lowest BCUT2D eigenvalue weighted by molar-refractivity contribution is 0.522. The van der Waals surface area contributed by atoms with E-state index in [0.717, 1.165) is 5.76 Å². The monoisotopic (exact) mass is 147 g/mol. The number of aryl methyl sites for hydroxylation is 1. The van der Waals surface area contributed by atoms with Crippen LogP contribution in [0.1, 0.15) is 11.5 Å². The first-order valence-corrected chi connectivity index (χ1v) is 2.97. The summed E-state index contributed by atoms with van der Waals surface area (Å²) in [7, 11) is 0. The van der Waals surface area contributed by atoms with Gasteiger partial charge in [0.25, 0.3) is 0 Å². The molecule has 11 heavy (non-hydrogen) atoms. The van der Waals surface area contributed by atoms with Crippen LogP contribution in [0.15, 0.2) is 21.5 Å². The summed E-state index contributed by atoms with van der Waals surface area (Å²) >= 11 is 0. The third-order valence-corrected chi connectivity index (χ3v) is 1.02. The zero-order valence-electron chi connectivity index (χ0n) is 5.92. The Labute approximate surface area is 63.7 Å². The summed E-state index contributed by atoms with van der Waals surface area (Å²) in [5, 5.41) is 0. The molecule has 0 fully saturated rings. The van der Waals surface area contributed by atoms with Crippen LogP contribution in [0, 0.1) is 18.9 Å². The highest BCUT2D eigenvalue weighted by molar-refractivity contribution is 5.38. The molecule has 54 valence electrons. The number of carbonyl (C=O) groups excluding carboxylic acids is 1. The van der Waals surface area contributed by atoms with Crippen molar-refractivity contribution in [1.29, 1.82) is 0 Å². The van der Waals surface area contributed by atoms with E-state index in [2.05, 4.69) is 17.0 Å². The van der Waals surface area contributed by atoms with Gasteiger partial charge in [-0.3, -0.25) is 0 Å². The SMILES string of the molecule is Cc1ccc(C#CN=C=O)o1. The molecule has 0 aliphatic heterocycles. The fourth-order valence-electron chi connectivity index (χ4n) is 0.608. The standard InChI is InChI=1S/C8H5NO2/c1-7-2-3-8(11-7)4-5-9-6-10/h2-3H,1H3. The zero-order valence-corrected chi connectivity index (χ0v) is 5.92. The normalized spacial score (nSPS) is 7.73. The minimum Gasteiger partial charge on any atom is -0.453 e. The average molecular weight is 147 g/mol. The van der Waals surface area contributed by atoms with Gasteiger partial charge in [0.2, 0.25) is 6.08 Å². The van der Waals surface area contributed by atoms with Gasteiger partial charge in [-0.05, 0) is 25.0 Å². The van der Waals surface area contributed by atoms with Gasteiger partial charge in [-0.1, -0.05) is 0 Å². The molecule has 0 amide bonds. The van der Waals surface area contributed by atoms with Crippen LogP contribution in [0.2, 0.25) is 0 Å². The second-order valence-corrected chi connectivity index (χ2v) is 1.85. The van der Waals surface area contributed by atoms with Crippen molar-refractivity contribution in [2.24, 2.45) is 4.99 Å². The third-order valence-electron chi connectivity index (χ3n) is 1.02. The first-order valence-electron chi connectivity index (χ1n) is 2.97. The maximum Gasteiger partial charge on any atom is 0.249 e. The number of furan rings is 1. The predicted molar refractivity (Wildman–Crippen MR) is 38.4 cm³/mol. The molecule has 0 aromatic carbocycles. The first-order chi connectivity index (χ1) is 5.33. The topological polar surface area (TPSA) is 42.6 Å². The molecule has 0 aliphatic rings. The smallest absolute Gasteiger partial charge is 0.249 e. The highest BCUT2D eigenvalue weighted by Gasteiger charge is 1.90. The molecule has 0 unspecified atom stereocenters. The first kappa shape index (κ1) is 7.33. The van der Waals surface area contributed by atoms with Gasteiger partial charge in [-0.25, -0.2) is 4.79 Å². The van der Waals surface area contributed by atoms with E-state index in [-0.39, 0.29) is 0 Å². The van der Waals surface area contributed by atoms with Gasteiger partial charge in [0, 0.05) is 0 Å². The van der Waals surface area contributed by atoms with E-state index in [1.165, 1.54) is 6.08 Å². The highest BCUT2D eigenvalue weighted by atomic mass is 16.3. The minimum atomic E-state index is 0.501. The molecule has 0 aliphatic carbocycles. The minimum absolute atomic E-state index is 0.501. The summed E-state index contributed by atoms with van der Waals surface area (Å²) in [4.78, 5) is 12.6. The van der Waals surface area contributed by atoms with Gasteiger partial charge in [0.05, 0.1) is 6.04 Å². The number of rotatable bonds is 0. The Kier molecular flexibility index (Phi) is 2.27. The maximum absolute atomic E-state index is 9.58. The molecule has 1 rings (SSSR count). The van der Waals surface area contributed by atoms with Crippen LogP contribution >= 0.6 is 0 Å². The fourth-order valence-corrected chi connectivity index (χ4v) is 0.608. The van der Waals surface area contributed by atoms with E-state index >= 15 is 0 Å². The van der Waals surface area contributed by atoms with Crippen LogP contribution in [-0.2, 0) is 4.79 Å². The molecule has 3 nitrogen and oxygen atoms in total. The van der Waals surface area contributed by atoms with Crippen molar-refractivity contribution >= 4 is 6.08 Å². The number of isocyanates is 1. The van der Waals surface area contributed by atoms with Gasteiger partial charge in [-0.2, -0.15) is 0 Å². The summed E-state index contributed by atoms with van der Waals surface area (Å²) in [6, 6.07) is 5.72. The van der Waals surface area contributed by atoms with Crippen molar-refractivity contribution in [2.45, 2.75) is 6.92 Å². The number of hydrogen-bond acceptors (Lipinski definition) is 3. The van der Waals surface area contributed by atoms with Crippen LogP contribution in [0.5, 0.6) is 0 Å². The van der Waals surface area contributed by atoms with Crippen molar-refractivity contribution < 1.29 is 9.21 Å². The lowest BCUT2D eigenvalue weighted by Crippen LogP contribution is -1.61.